The standard InChI is InChI=1S/C23H16F2N6OS/c1-13-5-3-4-6-18(13)31-20(32)10-9-19(29-31)30-21(15-8-7-14(24)11-16(15)25)27-17-12-26-23(33-2)28-22(17)30/h3-12H,1-2H3. The zero-order valence-corrected chi connectivity index (χ0v) is 18.3. The summed E-state index contributed by atoms with van der Waals surface area (Å²) in [7, 11) is 0. The van der Waals surface area contributed by atoms with E-state index in [1.807, 2.05) is 31.4 Å². The number of rotatable bonds is 4. The number of para-hydroxylation sites is 1. The minimum Gasteiger partial charge on any atom is -0.267 e. The van der Waals surface area contributed by atoms with E-state index in [2.05, 4.69) is 20.1 Å². The van der Waals surface area contributed by atoms with E-state index in [4.69, 9.17) is 0 Å². The van der Waals surface area contributed by atoms with Crippen molar-refractivity contribution in [3.8, 4) is 22.9 Å². The van der Waals surface area contributed by atoms with Gasteiger partial charge in [-0.15, -0.1) is 5.10 Å². The first-order chi connectivity index (χ1) is 16.0. The Bertz CT molecular complexity index is 1580. The fourth-order valence-electron chi connectivity index (χ4n) is 3.52. The molecule has 0 saturated carbocycles. The van der Waals surface area contributed by atoms with E-state index in [-0.39, 0.29) is 16.9 Å². The predicted octanol–water partition coefficient (Wildman–Crippen LogP) is 4.34. The fraction of sp³-hybridized carbons (Fsp3) is 0.0870. The van der Waals surface area contributed by atoms with E-state index < -0.39 is 11.6 Å². The summed E-state index contributed by atoms with van der Waals surface area (Å²) >= 11 is 1.34. The smallest absolute Gasteiger partial charge is 0.267 e. The molecule has 0 amide bonds. The molecule has 7 nitrogen and oxygen atoms in total. The highest BCUT2D eigenvalue weighted by atomic mass is 32.2. The lowest BCUT2D eigenvalue weighted by Crippen LogP contribution is -2.22. The minimum atomic E-state index is -0.781. The third-order valence-corrected chi connectivity index (χ3v) is 5.65. The number of halogens is 2. The van der Waals surface area contributed by atoms with Crippen LogP contribution in [0.15, 0.2) is 70.7 Å². The summed E-state index contributed by atoms with van der Waals surface area (Å²) in [6.07, 6.45) is 3.37. The van der Waals surface area contributed by atoms with Crippen molar-refractivity contribution in [2.45, 2.75) is 12.1 Å². The normalized spacial score (nSPS) is 11.3. The number of aromatic nitrogens is 6. The molecule has 0 spiro atoms. The van der Waals surface area contributed by atoms with E-state index in [1.165, 1.54) is 40.8 Å². The molecular weight excluding hydrogens is 446 g/mol. The average molecular weight is 462 g/mol. The first kappa shape index (κ1) is 21.0. The molecule has 3 aromatic heterocycles. The highest BCUT2D eigenvalue weighted by molar-refractivity contribution is 7.98. The van der Waals surface area contributed by atoms with Crippen LogP contribution in [-0.2, 0) is 0 Å². The summed E-state index contributed by atoms with van der Waals surface area (Å²) in [6, 6.07) is 13.5. The maximum absolute atomic E-state index is 14.8. The second-order valence-electron chi connectivity index (χ2n) is 7.19. The molecule has 164 valence electrons. The van der Waals surface area contributed by atoms with Crippen LogP contribution in [0, 0.1) is 18.6 Å². The van der Waals surface area contributed by atoms with E-state index in [0.29, 0.717) is 27.8 Å². The number of hydrogen-bond acceptors (Lipinski definition) is 6. The Kier molecular flexibility index (Phi) is 5.21. The van der Waals surface area contributed by atoms with Crippen molar-refractivity contribution in [1.29, 1.82) is 0 Å². The Morgan fingerprint density at radius 2 is 1.82 bits per heavy atom. The van der Waals surface area contributed by atoms with Gasteiger partial charge in [-0.25, -0.2) is 23.7 Å². The molecule has 2 aromatic carbocycles. The second kappa shape index (κ2) is 8.21. The molecule has 5 aromatic rings. The first-order valence-electron chi connectivity index (χ1n) is 9.88. The largest absolute Gasteiger partial charge is 0.271 e. The van der Waals surface area contributed by atoms with Crippen LogP contribution in [0.4, 0.5) is 8.78 Å². The molecular formula is C23H16F2N6OS. The highest BCUT2D eigenvalue weighted by Gasteiger charge is 2.21. The van der Waals surface area contributed by atoms with Crippen LogP contribution in [0.5, 0.6) is 0 Å². The Morgan fingerprint density at radius 3 is 2.58 bits per heavy atom. The number of hydrogen-bond donors (Lipinski definition) is 0. The summed E-state index contributed by atoms with van der Waals surface area (Å²) in [5.74, 6) is -1.02. The lowest BCUT2D eigenvalue weighted by atomic mass is 10.2. The number of benzene rings is 2. The number of nitrogens with zero attached hydrogens (tertiary/aromatic N) is 6. The van der Waals surface area contributed by atoms with Crippen molar-refractivity contribution < 1.29 is 8.78 Å². The fourth-order valence-corrected chi connectivity index (χ4v) is 3.86. The molecule has 33 heavy (non-hydrogen) atoms. The van der Waals surface area contributed by atoms with Gasteiger partial charge in [-0.3, -0.25) is 9.36 Å². The van der Waals surface area contributed by atoms with Crippen molar-refractivity contribution in [3.05, 3.63) is 88.3 Å². The predicted molar refractivity (Wildman–Crippen MR) is 122 cm³/mol. The zero-order valence-electron chi connectivity index (χ0n) is 17.5. The number of thioether (sulfide) groups is 1. The molecule has 0 bridgehead atoms. The van der Waals surface area contributed by atoms with Gasteiger partial charge in [-0.05, 0) is 43.0 Å². The summed E-state index contributed by atoms with van der Waals surface area (Å²) in [5, 5.41) is 5.04. The Hall–Kier alpha value is -3.92. The van der Waals surface area contributed by atoms with Gasteiger partial charge in [-0.1, -0.05) is 30.0 Å². The first-order valence-corrected chi connectivity index (χ1v) is 11.1. The Morgan fingerprint density at radius 1 is 1.00 bits per heavy atom. The van der Waals surface area contributed by atoms with Gasteiger partial charge in [0.2, 0.25) is 0 Å². The van der Waals surface area contributed by atoms with Crippen molar-refractivity contribution in [1.82, 2.24) is 29.3 Å². The van der Waals surface area contributed by atoms with Crippen LogP contribution in [0.25, 0.3) is 34.1 Å². The molecule has 0 radical (unpaired) electrons. The monoisotopic (exact) mass is 462 g/mol. The van der Waals surface area contributed by atoms with E-state index in [0.717, 1.165) is 17.7 Å². The van der Waals surface area contributed by atoms with Gasteiger partial charge >= 0.3 is 0 Å². The molecule has 0 aliphatic heterocycles. The van der Waals surface area contributed by atoms with Crippen LogP contribution in [0.1, 0.15) is 5.56 Å². The van der Waals surface area contributed by atoms with Crippen LogP contribution < -0.4 is 5.56 Å². The van der Waals surface area contributed by atoms with Crippen molar-refractivity contribution in [3.63, 3.8) is 0 Å². The summed E-state index contributed by atoms with van der Waals surface area (Å²) in [5.41, 5.74) is 2.00. The van der Waals surface area contributed by atoms with Crippen LogP contribution in [0.3, 0.4) is 0 Å². The van der Waals surface area contributed by atoms with Gasteiger partial charge in [0.1, 0.15) is 17.2 Å². The molecule has 0 N–H and O–H groups in total. The average Bonchev–Trinajstić information content (AvgIpc) is 3.18. The molecule has 5 rings (SSSR count). The highest BCUT2D eigenvalue weighted by Crippen LogP contribution is 2.29. The third kappa shape index (κ3) is 3.68. The zero-order chi connectivity index (χ0) is 23.1. The molecule has 0 atom stereocenters. The molecule has 3 heterocycles. The number of imidazole rings is 1. The third-order valence-electron chi connectivity index (χ3n) is 5.09. The van der Waals surface area contributed by atoms with Crippen molar-refractivity contribution in [2.24, 2.45) is 0 Å². The Labute approximate surface area is 190 Å². The number of aryl methyl sites for hydroxylation is 1. The maximum atomic E-state index is 14.8. The Balaban J connectivity index is 1.83. The van der Waals surface area contributed by atoms with Gasteiger partial charge in [0.15, 0.2) is 22.4 Å². The van der Waals surface area contributed by atoms with Gasteiger partial charge in [-0.2, -0.15) is 4.68 Å². The van der Waals surface area contributed by atoms with Crippen molar-refractivity contribution in [2.75, 3.05) is 6.26 Å². The van der Waals surface area contributed by atoms with E-state index in [9.17, 15) is 13.6 Å². The van der Waals surface area contributed by atoms with E-state index in [1.54, 1.807) is 10.6 Å². The second-order valence-corrected chi connectivity index (χ2v) is 7.96. The lowest BCUT2D eigenvalue weighted by molar-refractivity contribution is 0.584. The molecule has 0 unspecified atom stereocenters. The quantitative estimate of drug-likeness (QED) is 0.292. The van der Waals surface area contributed by atoms with Gasteiger partial charge in [0, 0.05) is 12.1 Å². The maximum Gasteiger partial charge on any atom is 0.271 e. The summed E-state index contributed by atoms with van der Waals surface area (Å²) < 4.78 is 31.1. The summed E-state index contributed by atoms with van der Waals surface area (Å²) in [6.45, 7) is 1.88. The van der Waals surface area contributed by atoms with E-state index >= 15 is 0 Å². The molecule has 0 aliphatic rings. The van der Waals surface area contributed by atoms with Crippen LogP contribution in [-0.4, -0.2) is 35.6 Å². The summed E-state index contributed by atoms with van der Waals surface area (Å²) in [4.78, 5) is 25.9. The molecule has 0 saturated heterocycles. The van der Waals surface area contributed by atoms with Gasteiger partial charge in [0.05, 0.1) is 17.4 Å². The van der Waals surface area contributed by atoms with Crippen molar-refractivity contribution >= 4 is 22.9 Å². The van der Waals surface area contributed by atoms with Gasteiger partial charge in [0.25, 0.3) is 5.56 Å². The lowest BCUT2D eigenvalue weighted by Gasteiger charge is -2.12. The van der Waals surface area contributed by atoms with Crippen LogP contribution >= 0.6 is 11.8 Å². The van der Waals surface area contributed by atoms with Gasteiger partial charge < -0.3 is 0 Å². The molecule has 0 aliphatic carbocycles. The topological polar surface area (TPSA) is 78.5 Å². The molecule has 0 fully saturated rings. The molecule has 10 heteroatoms. The number of fused-ring (bicyclic) bond motifs is 1. The SMILES string of the molecule is CSc1ncc2nc(-c3ccc(F)cc3F)n(-c3ccc(=O)n(-c4ccccc4C)n3)c2n1. The minimum absolute atomic E-state index is 0.0653. The van der Waals surface area contributed by atoms with Crippen LogP contribution in [0.2, 0.25) is 0 Å².